The molecule has 10 heavy (non-hydrogen) atoms. The number of carbonyl (C=O) groups is 1. The van der Waals surface area contributed by atoms with Crippen molar-refractivity contribution in [3.8, 4) is 0 Å². The first-order chi connectivity index (χ1) is 4.63. The van der Waals surface area contributed by atoms with Crippen molar-refractivity contribution in [1.82, 2.24) is 0 Å². The number of methoxy groups -OCH3 is 1. The summed E-state index contributed by atoms with van der Waals surface area (Å²) in [6, 6.07) is -0.510. The van der Waals surface area contributed by atoms with E-state index in [-0.39, 0.29) is 11.9 Å². The lowest BCUT2D eigenvalue weighted by Crippen LogP contribution is -2.38. The molecule has 2 atom stereocenters. The summed E-state index contributed by atoms with van der Waals surface area (Å²) in [5.74, 6) is -0.237. The van der Waals surface area contributed by atoms with Crippen LogP contribution >= 0.6 is 15.9 Å². The van der Waals surface area contributed by atoms with Crippen LogP contribution in [0.5, 0.6) is 0 Å². The quantitative estimate of drug-likeness (QED) is 0.545. The molecule has 0 spiro atoms. The molecule has 0 rings (SSSR count). The Kier molecular flexibility index (Phi) is 4.64. The predicted octanol–water partition coefficient (Wildman–Crippen LogP) is 0.518. The fraction of sp³-hybridized carbons (Fsp3) is 0.833. The molecular weight excluding hydrogens is 198 g/mol. The van der Waals surface area contributed by atoms with Crippen molar-refractivity contribution in [2.24, 2.45) is 11.7 Å². The molecule has 60 valence electrons. The molecule has 0 aromatic carbocycles. The van der Waals surface area contributed by atoms with Crippen molar-refractivity contribution in [1.29, 1.82) is 0 Å². The average Bonchev–Trinajstić information content (AvgIpc) is 2.00. The van der Waals surface area contributed by atoms with Gasteiger partial charge in [0.25, 0.3) is 0 Å². The number of alkyl halides is 1. The highest BCUT2D eigenvalue weighted by Crippen LogP contribution is 2.05. The van der Waals surface area contributed by atoms with E-state index in [0.29, 0.717) is 5.33 Å². The van der Waals surface area contributed by atoms with Crippen LogP contribution < -0.4 is 5.73 Å². The first-order valence-electron chi connectivity index (χ1n) is 3.02. The number of halogens is 1. The lowest BCUT2D eigenvalue weighted by molar-refractivity contribution is -0.143. The van der Waals surface area contributed by atoms with Crippen LogP contribution in [0.4, 0.5) is 0 Å². The maximum atomic E-state index is 10.7. The summed E-state index contributed by atoms with van der Waals surface area (Å²) in [7, 11) is 1.34. The van der Waals surface area contributed by atoms with Crippen molar-refractivity contribution in [2.45, 2.75) is 13.0 Å². The van der Waals surface area contributed by atoms with Crippen molar-refractivity contribution < 1.29 is 9.53 Å². The monoisotopic (exact) mass is 209 g/mol. The number of hydrogen-bond acceptors (Lipinski definition) is 3. The van der Waals surface area contributed by atoms with Gasteiger partial charge in [-0.05, 0) is 5.92 Å². The smallest absolute Gasteiger partial charge is 0.322 e. The van der Waals surface area contributed by atoms with Crippen LogP contribution in [-0.4, -0.2) is 24.5 Å². The molecule has 2 N–H and O–H groups in total. The molecule has 0 aliphatic rings. The van der Waals surface area contributed by atoms with E-state index in [4.69, 9.17) is 5.73 Å². The minimum Gasteiger partial charge on any atom is -0.468 e. The number of hydrogen-bond donors (Lipinski definition) is 1. The van der Waals surface area contributed by atoms with Crippen LogP contribution in [0.15, 0.2) is 0 Å². The number of rotatable bonds is 3. The Labute approximate surface area is 69.0 Å². The molecule has 0 aliphatic carbocycles. The molecule has 0 saturated heterocycles. The Hall–Kier alpha value is -0.0900. The second kappa shape index (κ2) is 4.68. The highest BCUT2D eigenvalue weighted by molar-refractivity contribution is 9.09. The Balaban J connectivity index is 3.81. The Morgan fingerprint density at radius 3 is 2.60 bits per heavy atom. The molecule has 0 radical (unpaired) electrons. The van der Waals surface area contributed by atoms with Crippen LogP contribution in [0.3, 0.4) is 0 Å². The van der Waals surface area contributed by atoms with E-state index in [1.54, 1.807) is 0 Å². The van der Waals surface area contributed by atoms with Crippen molar-refractivity contribution in [3.05, 3.63) is 0 Å². The number of esters is 1. The van der Waals surface area contributed by atoms with E-state index in [0.717, 1.165) is 0 Å². The first-order valence-corrected chi connectivity index (χ1v) is 4.15. The standard InChI is InChI=1S/C6H12BrNO2/c1-4(3-7)5(8)6(9)10-2/h4-5H,3,8H2,1-2H3. The second-order valence-corrected chi connectivity index (χ2v) is 2.83. The summed E-state index contributed by atoms with van der Waals surface area (Å²) in [4.78, 5) is 10.7. The van der Waals surface area contributed by atoms with Crippen LogP contribution in [0.2, 0.25) is 0 Å². The zero-order valence-corrected chi connectivity index (χ0v) is 7.72. The fourth-order valence-corrected chi connectivity index (χ4v) is 0.867. The largest absolute Gasteiger partial charge is 0.468 e. The third-order valence-electron chi connectivity index (χ3n) is 1.33. The zero-order chi connectivity index (χ0) is 8.15. The molecule has 4 heteroatoms. The first kappa shape index (κ1) is 9.91. The molecule has 0 amide bonds. The maximum Gasteiger partial charge on any atom is 0.322 e. The van der Waals surface area contributed by atoms with E-state index in [1.807, 2.05) is 6.92 Å². The molecular formula is C6H12BrNO2. The predicted molar refractivity (Wildman–Crippen MR) is 42.9 cm³/mol. The summed E-state index contributed by atoms with van der Waals surface area (Å²) in [5, 5.41) is 0.712. The van der Waals surface area contributed by atoms with Gasteiger partial charge in [-0.1, -0.05) is 22.9 Å². The van der Waals surface area contributed by atoms with Crippen LogP contribution in [0.25, 0.3) is 0 Å². The molecule has 0 aromatic rings. The third kappa shape index (κ3) is 2.66. The Bertz CT molecular complexity index is 118. The SMILES string of the molecule is COC(=O)C(N)C(C)CBr. The molecule has 0 fully saturated rings. The summed E-state index contributed by atoms with van der Waals surface area (Å²) in [6.45, 7) is 1.89. The van der Waals surface area contributed by atoms with Gasteiger partial charge >= 0.3 is 5.97 Å². The van der Waals surface area contributed by atoms with Crippen molar-refractivity contribution >= 4 is 21.9 Å². The Morgan fingerprint density at radius 1 is 1.80 bits per heavy atom. The van der Waals surface area contributed by atoms with Gasteiger partial charge in [0, 0.05) is 5.33 Å². The van der Waals surface area contributed by atoms with E-state index < -0.39 is 6.04 Å². The van der Waals surface area contributed by atoms with E-state index in [9.17, 15) is 4.79 Å². The molecule has 0 aromatic heterocycles. The van der Waals surface area contributed by atoms with Crippen molar-refractivity contribution in [2.75, 3.05) is 12.4 Å². The average molecular weight is 210 g/mol. The van der Waals surface area contributed by atoms with Gasteiger partial charge in [-0.3, -0.25) is 4.79 Å². The van der Waals surface area contributed by atoms with Gasteiger partial charge in [-0.2, -0.15) is 0 Å². The molecule has 2 unspecified atom stereocenters. The van der Waals surface area contributed by atoms with Gasteiger partial charge in [0.05, 0.1) is 7.11 Å². The van der Waals surface area contributed by atoms with Crippen molar-refractivity contribution in [3.63, 3.8) is 0 Å². The molecule has 3 nitrogen and oxygen atoms in total. The summed E-state index contributed by atoms with van der Waals surface area (Å²) >= 11 is 3.23. The van der Waals surface area contributed by atoms with Gasteiger partial charge in [0.1, 0.15) is 6.04 Å². The molecule has 0 heterocycles. The highest BCUT2D eigenvalue weighted by Gasteiger charge is 2.19. The van der Waals surface area contributed by atoms with Gasteiger partial charge in [0.2, 0.25) is 0 Å². The normalized spacial score (nSPS) is 16.0. The third-order valence-corrected chi connectivity index (χ3v) is 2.35. The van der Waals surface area contributed by atoms with Gasteiger partial charge in [-0.25, -0.2) is 0 Å². The zero-order valence-electron chi connectivity index (χ0n) is 6.13. The van der Waals surface area contributed by atoms with E-state index >= 15 is 0 Å². The summed E-state index contributed by atoms with van der Waals surface area (Å²) < 4.78 is 4.45. The van der Waals surface area contributed by atoms with Gasteiger partial charge in [-0.15, -0.1) is 0 Å². The highest BCUT2D eigenvalue weighted by atomic mass is 79.9. The minimum atomic E-state index is -0.510. The Morgan fingerprint density at radius 2 is 2.30 bits per heavy atom. The number of ether oxygens (including phenoxy) is 1. The van der Waals surface area contributed by atoms with Gasteiger partial charge in [0.15, 0.2) is 0 Å². The summed E-state index contributed by atoms with van der Waals surface area (Å²) in [6.07, 6.45) is 0. The number of nitrogens with two attached hydrogens (primary N) is 1. The van der Waals surface area contributed by atoms with Crippen LogP contribution in [-0.2, 0) is 9.53 Å². The maximum absolute atomic E-state index is 10.7. The fourth-order valence-electron chi connectivity index (χ4n) is 0.464. The molecule has 0 saturated carbocycles. The minimum absolute atomic E-state index is 0.118. The van der Waals surface area contributed by atoms with Crippen LogP contribution in [0.1, 0.15) is 6.92 Å². The second-order valence-electron chi connectivity index (χ2n) is 2.18. The topological polar surface area (TPSA) is 52.3 Å². The summed E-state index contributed by atoms with van der Waals surface area (Å²) in [5.41, 5.74) is 5.48. The van der Waals surface area contributed by atoms with E-state index in [1.165, 1.54) is 7.11 Å². The molecule has 0 bridgehead atoms. The van der Waals surface area contributed by atoms with Gasteiger partial charge < -0.3 is 10.5 Å². The van der Waals surface area contributed by atoms with Crippen LogP contribution in [0, 0.1) is 5.92 Å². The number of carbonyl (C=O) groups excluding carboxylic acids is 1. The lowest BCUT2D eigenvalue weighted by Gasteiger charge is -2.13. The molecule has 0 aliphatic heterocycles. The lowest BCUT2D eigenvalue weighted by atomic mass is 10.1. The van der Waals surface area contributed by atoms with E-state index in [2.05, 4.69) is 20.7 Å².